The zero-order valence-corrected chi connectivity index (χ0v) is 11.8. The van der Waals surface area contributed by atoms with E-state index in [2.05, 4.69) is 21.2 Å². The maximum absolute atomic E-state index is 11.8. The molecule has 0 aliphatic heterocycles. The van der Waals surface area contributed by atoms with E-state index in [4.69, 9.17) is 10.4 Å². The van der Waals surface area contributed by atoms with Crippen LogP contribution >= 0.6 is 15.9 Å². The standard InChI is InChI=1S/C12H12BrN3O3/c1-16(5-4-11(17)18)12(19)15-10-3-2-8(7-14)6-9(10)13/h2-3,6H,4-5H2,1H3,(H,15,19)(H,17,18). The fraction of sp³-hybridized carbons (Fsp3) is 0.250. The SMILES string of the molecule is CN(CCC(=O)O)C(=O)Nc1ccc(C#N)cc1Br. The number of halogens is 1. The first-order valence-electron chi connectivity index (χ1n) is 5.37. The molecule has 0 heterocycles. The lowest BCUT2D eigenvalue weighted by Gasteiger charge is -2.17. The summed E-state index contributed by atoms with van der Waals surface area (Å²) in [5.41, 5.74) is 0.996. The van der Waals surface area contributed by atoms with E-state index in [0.717, 1.165) is 0 Å². The molecule has 1 aromatic rings. The van der Waals surface area contributed by atoms with E-state index in [9.17, 15) is 9.59 Å². The Balaban J connectivity index is 2.66. The van der Waals surface area contributed by atoms with Crippen LogP contribution in [0.3, 0.4) is 0 Å². The lowest BCUT2D eigenvalue weighted by molar-refractivity contribution is -0.137. The maximum Gasteiger partial charge on any atom is 0.321 e. The number of hydrogen-bond donors (Lipinski definition) is 2. The number of aliphatic carboxylic acids is 1. The van der Waals surface area contributed by atoms with Crippen molar-refractivity contribution in [1.82, 2.24) is 4.90 Å². The van der Waals surface area contributed by atoms with Gasteiger partial charge >= 0.3 is 12.0 Å². The van der Waals surface area contributed by atoms with E-state index in [1.165, 1.54) is 11.9 Å². The topological polar surface area (TPSA) is 93.4 Å². The molecule has 0 unspecified atom stereocenters. The second-order valence-electron chi connectivity index (χ2n) is 3.80. The Bertz CT molecular complexity index is 540. The molecule has 0 aliphatic carbocycles. The van der Waals surface area contributed by atoms with Gasteiger partial charge in [-0.1, -0.05) is 0 Å². The summed E-state index contributed by atoms with van der Waals surface area (Å²) < 4.78 is 0.589. The van der Waals surface area contributed by atoms with E-state index in [1.54, 1.807) is 18.2 Å². The average molecular weight is 326 g/mol. The molecular formula is C12H12BrN3O3. The van der Waals surface area contributed by atoms with Crippen molar-refractivity contribution in [3.8, 4) is 6.07 Å². The highest BCUT2D eigenvalue weighted by atomic mass is 79.9. The Labute approximate surface area is 118 Å². The number of anilines is 1. The van der Waals surface area contributed by atoms with Gasteiger partial charge < -0.3 is 15.3 Å². The van der Waals surface area contributed by atoms with Gasteiger partial charge in [-0.25, -0.2) is 4.79 Å². The molecule has 0 atom stereocenters. The number of carbonyl (C=O) groups excluding carboxylic acids is 1. The summed E-state index contributed by atoms with van der Waals surface area (Å²) in [6, 6.07) is 6.35. The van der Waals surface area contributed by atoms with Crippen LogP contribution in [-0.2, 0) is 4.79 Å². The molecule has 0 fully saturated rings. The minimum atomic E-state index is -0.959. The van der Waals surface area contributed by atoms with Crippen LogP contribution in [0, 0.1) is 11.3 Å². The molecular weight excluding hydrogens is 314 g/mol. The predicted octanol–water partition coefficient (Wildman–Crippen LogP) is 2.26. The molecule has 0 saturated carbocycles. The highest BCUT2D eigenvalue weighted by molar-refractivity contribution is 9.10. The molecule has 1 rings (SSSR count). The first kappa shape index (κ1) is 15.0. The maximum atomic E-state index is 11.8. The first-order chi connectivity index (χ1) is 8.93. The largest absolute Gasteiger partial charge is 0.481 e. The molecule has 2 N–H and O–H groups in total. The van der Waals surface area contributed by atoms with Gasteiger partial charge in [0.25, 0.3) is 0 Å². The molecule has 6 nitrogen and oxygen atoms in total. The summed E-state index contributed by atoms with van der Waals surface area (Å²) in [7, 11) is 1.51. The molecule has 100 valence electrons. The summed E-state index contributed by atoms with van der Waals surface area (Å²) in [6.07, 6.45) is -0.113. The molecule has 0 saturated heterocycles. The second kappa shape index (κ2) is 6.75. The number of nitrogens with one attached hydrogen (secondary N) is 1. The van der Waals surface area contributed by atoms with Crippen molar-refractivity contribution in [3.05, 3.63) is 28.2 Å². The fourth-order valence-electron chi connectivity index (χ4n) is 1.26. The zero-order valence-electron chi connectivity index (χ0n) is 10.2. The number of nitriles is 1. The number of hydrogen-bond acceptors (Lipinski definition) is 3. The smallest absolute Gasteiger partial charge is 0.321 e. The normalized spacial score (nSPS) is 9.53. The van der Waals surface area contributed by atoms with Gasteiger partial charge in [0, 0.05) is 18.1 Å². The lowest BCUT2D eigenvalue weighted by atomic mass is 10.2. The molecule has 0 aromatic heterocycles. The molecule has 0 spiro atoms. The Morgan fingerprint density at radius 3 is 2.74 bits per heavy atom. The van der Waals surface area contributed by atoms with Crippen molar-refractivity contribution >= 4 is 33.6 Å². The van der Waals surface area contributed by atoms with Gasteiger partial charge in [-0.15, -0.1) is 0 Å². The number of carbonyl (C=O) groups is 2. The van der Waals surface area contributed by atoms with Gasteiger partial charge in [-0.2, -0.15) is 5.26 Å². The third-order valence-corrected chi connectivity index (χ3v) is 3.00. The van der Waals surface area contributed by atoms with Crippen LogP contribution in [0.15, 0.2) is 22.7 Å². The number of nitrogens with zero attached hydrogens (tertiary/aromatic N) is 2. The van der Waals surface area contributed by atoms with E-state index in [-0.39, 0.29) is 13.0 Å². The summed E-state index contributed by atoms with van der Waals surface area (Å²) in [4.78, 5) is 23.5. The summed E-state index contributed by atoms with van der Waals surface area (Å²) >= 11 is 3.25. The minimum Gasteiger partial charge on any atom is -0.481 e. The Morgan fingerprint density at radius 2 is 2.21 bits per heavy atom. The summed E-state index contributed by atoms with van der Waals surface area (Å²) in [5.74, 6) is -0.959. The number of benzene rings is 1. The van der Waals surface area contributed by atoms with Crippen LogP contribution in [-0.4, -0.2) is 35.6 Å². The number of urea groups is 1. The van der Waals surface area contributed by atoms with Gasteiger partial charge in [0.2, 0.25) is 0 Å². The van der Waals surface area contributed by atoms with Crippen molar-refractivity contribution < 1.29 is 14.7 Å². The number of carboxylic acid groups (broad SMARTS) is 1. The number of amides is 2. The lowest BCUT2D eigenvalue weighted by Crippen LogP contribution is -2.33. The Hall–Kier alpha value is -2.07. The monoisotopic (exact) mass is 325 g/mol. The summed E-state index contributed by atoms with van der Waals surface area (Å²) in [6.45, 7) is 0.120. The highest BCUT2D eigenvalue weighted by Crippen LogP contribution is 2.23. The van der Waals surface area contributed by atoms with Crippen LogP contribution in [0.1, 0.15) is 12.0 Å². The Kier molecular flexibility index (Phi) is 5.33. The molecule has 7 heteroatoms. The molecule has 0 bridgehead atoms. The van der Waals surface area contributed by atoms with Crippen LogP contribution in [0.25, 0.3) is 0 Å². The van der Waals surface area contributed by atoms with Crippen LogP contribution in [0.4, 0.5) is 10.5 Å². The highest BCUT2D eigenvalue weighted by Gasteiger charge is 2.12. The van der Waals surface area contributed by atoms with Crippen molar-refractivity contribution in [2.45, 2.75) is 6.42 Å². The van der Waals surface area contributed by atoms with Gasteiger partial charge in [-0.05, 0) is 34.1 Å². The van der Waals surface area contributed by atoms with E-state index in [1.807, 2.05) is 6.07 Å². The van der Waals surface area contributed by atoms with Crippen molar-refractivity contribution in [2.75, 3.05) is 18.9 Å². The van der Waals surface area contributed by atoms with Crippen molar-refractivity contribution in [3.63, 3.8) is 0 Å². The fourth-order valence-corrected chi connectivity index (χ4v) is 1.74. The molecule has 2 amide bonds. The summed E-state index contributed by atoms with van der Waals surface area (Å²) in [5, 5.41) is 19.9. The molecule has 0 aliphatic rings. The quantitative estimate of drug-likeness (QED) is 0.887. The first-order valence-corrected chi connectivity index (χ1v) is 6.17. The number of rotatable bonds is 4. The van der Waals surface area contributed by atoms with Crippen LogP contribution in [0.2, 0.25) is 0 Å². The Morgan fingerprint density at radius 1 is 1.53 bits per heavy atom. The average Bonchev–Trinajstić information content (AvgIpc) is 2.37. The predicted molar refractivity (Wildman–Crippen MR) is 72.8 cm³/mol. The van der Waals surface area contributed by atoms with Gasteiger partial charge in [-0.3, -0.25) is 4.79 Å². The molecule has 0 radical (unpaired) electrons. The van der Waals surface area contributed by atoms with Crippen molar-refractivity contribution in [1.29, 1.82) is 5.26 Å². The van der Waals surface area contributed by atoms with Gasteiger partial charge in [0.15, 0.2) is 0 Å². The minimum absolute atomic E-state index is 0.113. The van der Waals surface area contributed by atoms with E-state index < -0.39 is 12.0 Å². The third-order valence-electron chi connectivity index (χ3n) is 2.35. The van der Waals surface area contributed by atoms with Crippen LogP contribution in [0.5, 0.6) is 0 Å². The van der Waals surface area contributed by atoms with Crippen LogP contribution < -0.4 is 5.32 Å². The third kappa shape index (κ3) is 4.60. The van der Waals surface area contributed by atoms with Gasteiger partial charge in [0.1, 0.15) is 0 Å². The van der Waals surface area contributed by atoms with Gasteiger partial charge in [0.05, 0.1) is 23.7 Å². The van der Waals surface area contributed by atoms with E-state index >= 15 is 0 Å². The second-order valence-corrected chi connectivity index (χ2v) is 4.66. The molecule has 19 heavy (non-hydrogen) atoms. The molecule has 1 aromatic carbocycles. The number of carboxylic acids is 1. The van der Waals surface area contributed by atoms with E-state index in [0.29, 0.717) is 15.7 Å². The zero-order chi connectivity index (χ0) is 14.4. The van der Waals surface area contributed by atoms with Crippen molar-refractivity contribution in [2.24, 2.45) is 0 Å².